The van der Waals surface area contributed by atoms with Crippen LogP contribution in [0.3, 0.4) is 0 Å². The van der Waals surface area contributed by atoms with Gasteiger partial charge in [0.15, 0.2) is 5.75 Å². The Bertz CT molecular complexity index is 289. The minimum absolute atomic E-state index is 0.262. The average Bonchev–Trinajstić information content (AvgIpc) is 2.56. The molecule has 1 saturated heterocycles. The highest BCUT2D eigenvalue weighted by Gasteiger charge is 2.17. The average molecular weight is 195 g/mol. The van der Waals surface area contributed by atoms with Crippen molar-refractivity contribution in [3.05, 3.63) is 12.4 Å². The van der Waals surface area contributed by atoms with Gasteiger partial charge in [-0.3, -0.25) is 4.68 Å². The lowest BCUT2D eigenvalue weighted by atomic mass is 9.97. The van der Waals surface area contributed by atoms with Gasteiger partial charge in [-0.15, -0.1) is 0 Å². The third-order valence-electron chi connectivity index (χ3n) is 2.90. The first-order valence-electron chi connectivity index (χ1n) is 5.14. The van der Waals surface area contributed by atoms with Crippen molar-refractivity contribution in [1.82, 2.24) is 14.7 Å². The summed E-state index contributed by atoms with van der Waals surface area (Å²) in [6.45, 7) is 3.30. The van der Waals surface area contributed by atoms with E-state index < -0.39 is 0 Å². The molecule has 2 rings (SSSR count). The maximum Gasteiger partial charge on any atom is 0.153 e. The third-order valence-corrected chi connectivity index (χ3v) is 2.90. The summed E-state index contributed by atoms with van der Waals surface area (Å²) in [5.74, 6) is 0.975. The Hall–Kier alpha value is -1.03. The molecule has 0 amide bonds. The molecule has 1 aromatic heterocycles. The SMILES string of the molecule is CN1CCC(Cn2cc(O)cn2)CC1. The maximum absolute atomic E-state index is 9.13. The van der Waals surface area contributed by atoms with Gasteiger partial charge in [0.1, 0.15) is 0 Å². The molecule has 2 heterocycles. The number of aromatic nitrogens is 2. The van der Waals surface area contributed by atoms with Crippen LogP contribution in [0.1, 0.15) is 12.8 Å². The van der Waals surface area contributed by atoms with Crippen LogP contribution < -0.4 is 0 Å². The number of hydrogen-bond donors (Lipinski definition) is 1. The monoisotopic (exact) mass is 195 g/mol. The van der Waals surface area contributed by atoms with Crippen LogP contribution >= 0.6 is 0 Å². The summed E-state index contributed by atoms with van der Waals surface area (Å²) >= 11 is 0. The molecule has 1 aliphatic rings. The van der Waals surface area contributed by atoms with Crippen molar-refractivity contribution < 1.29 is 5.11 Å². The van der Waals surface area contributed by atoms with Crippen LogP contribution in [-0.2, 0) is 6.54 Å². The lowest BCUT2D eigenvalue weighted by Crippen LogP contribution is -2.31. The minimum atomic E-state index is 0.262. The molecule has 0 aliphatic carbocycles. The Kier molecular flexibility index (Phi) is 2.72. The molecule has 0 radical (unpaired) electrons. The summed E-state index contributed by atoms with van der Waals surface area (Å²) in [5, 5.41) is 13.2. The van der Waals surface area contributed by atoms with E-state index in [1.165, 1.54) is 32.1 Å². The van der Waals surface area contributed by atoms with Crippen LogP contribution in [0, 0.1) is 5.92 Å². The van der Waals surface area contributed by atoms with E-state index in [2.05, 4.69) is 17.0 Å². The molecule has 4 nitrogen and oxygen atoms in total. The molecule has 0 bridgehead atoms. The van der Waals surface area contributed by atoms with Crippen LogP contribution in [-0.4, -0.2) is 39.9 Å². The highest BCUT2D eigenvalue weighted by molar-refractivity contribution is 5.08. The van der Waals surface area contributed by atoms with Crippen molar-refractivity contribution in [1.29, 1.82) is 0 Å². The molecule has 0 aromatic carbocycles. The van der Waals surface area contributed by atoms with Gasteiger partial charge in [0.2, 0.25) is 0 Å². The van der Waals surface area contributed by atoms with Gasteiger partial charge in [-0.05, 0) is 38.9 Å². The van der Waals surface area contributed by atoms with Gasteiger partial charge in [0.05, 0.1) is 12.4 Å². The van der Waals surface area contributed by atoms with E-state index in [1.807, 2.05) is 4.68 Å². The summed E-state index contributed by atoms with van der Waals surface area (Å²) in [6.07, 6.45) is 5.65. The summed E-state index contributed by atoms with van der Waals surface area (Å²) in [4.78, 5) is 2.36. The number of likely N-dealkylation sites (tertiary alicyclic amines) is 1. The first-order valence-corrected chi connectivity index (χ1v) is 5.14. The zero-order chi connectivity index (χ0) is 9.97. The molecule has 0 spiro atoms. The molecular formula is C10H17N3O. The summed E-state index contributed by atoms with van der Waals surface area (Å²) in [6, 6.07) is 0. The number of piperidine rings is 1. The van der Waals surface area contributed by atoms with Gasteiger partial charge in [0.25, 0.3) is 0 Å². The second kappa shape index (κ2) is 4.00. The van der Waals surface area contributed by atoms with Crippen LogP contribution in [0.5, 0.6) is 5.75 Å². The fourth-order valence-electron chi connectivity index (χ4n) is 1.96. The zero-order valence-electron chi connectivity index (χ0n) is 8.56. The van der Waals surface area contributed by atoms with Crippen molar-refractivity contribution in [2.75, 3.05) is 20.1 Å². The van der Waals surface area contributed by atoms with Crippen molar-refractivity contribution in [2.24, 2.45) is 5.92 Å². The predicted octanol–water partition coefficient (Wildman–Crippen LogP) is 0.930. The molecule has 14 heavy (non-hydrogen) atoms. The smallest absolute Gasteiger partial charge is 0.153 e. The highest BCUT2D eigenvalue weighted by Crippen LogP contribution is 2.18. The Balaban J connectivity index is 1.86. The van der Waals surface area contributed by atoms with Crippen molar-refractivity contribution >= 4 is 0 Å². The van der Waals surface area contributed by atoms with Gasteiger partial charge in [-0.1, -0.05) is 0 Å². The molecule has 0 unspecified atom stereocenters. The van der Waals surface area contributed by atoms with Crippen molar-refractivity contribution in [2.45, 2.75) is 19.4 Å². The fourth-order valence-corrected chi connectivity index (χ4v) is 1.96. The van der Waals surface area contributed by atoms with E-state index in [4.69, 9.17) is 5.11 Å². The molecule has 0 saturated carbocycles. The predicted molar refractivity (Wildman–Crippen MR) is 54.1 cm³/mol. The van der Waals surface area contributed by atoms with Crippen LogP contribution in [0.2, 0.25) is 0 Å². The Morgan fingerprint density at radius 2 is 2.21 bits per heavy atom. The molecule has 0 atom stereocenters. The molecule has 1 fully saturated rings. The topological polar surface area (TPSA) is 41.3 Å². The van der Waals surface area contributed by atoms with Gasteiger partial charge in [-0.2, -0.15) is 5.10 Å². The molecule has 78 valence electrons. The first-order chi connectivity index (χ1) is 6.74. The number of rotatable bonds is 2. The number of nitrogens with zero attached hydrogens (tertiary/aromatic N) is 3. The molecule has 1 aromatic rings. The van der Waals surface area contributed by atoms with Crippen molar-refractivity contribution in [3.63, 3.8) is 0 Å². The normalized spacial score (nSPS) is 20.1. The van der Waals surface area contributed by atoms with Gasteiger partial charge < -0.3 is 10.0 Å². The fraction of sp³-hybridized carbons (Fsp3) is 0.700. The molecule has 4 heteroatoms. The standard InChI is InChI=1S/C10H17N3O/c1-12-4-2-9(3-5-12)7-13-8-10(14)6-11-13/h6,8-9,14H,2-5,7H2,1H3. The lowest BCUT2D eigenvalue weighted by Gasteiger charge is -2.28. The van der Waals surface area contributed by atoms with E-state index in [0.29, 0.717) is 5.92 Å². The largest absolute Gasteiger partial charge is 0.505 e. The maximum atomic E-state index is 9.13. The van der Waals surface area contributed by atoms with E-state index in [-0.39, 0.29) is 5.75 Å². The van der Waals surface area contributed by atoms with Gasteiger partial charge in [0, 0.05) is 6.54 Å². The second-order valence-corrected chi connectivity index (χ2v) is 4.17. The summed E-state index contributed by atoms with van der Waals surface area (Å²) in [7, 11) is 2.16. The lowest BCUT2D eigenvalue weighted by molar-refractivity contribution is 0.201. The first kappa shape index (κ1) is 9.52. The number of hydrogen-bond acceptors (Lipinski definition) is 3. The van der Waals surface area contributed by atoms with E-state index in [0.717, 1.165) is 6.54 Å². The Labute approximate surface area is 84.1 Å². The minimum Gasteiger partial charge on any atom is -0.505 e. The summed E-state index contributed by atoms with van der Waals surface area (Å²) in [5.41, 5.74) is 0. The van der Waals surface area contributed by atoms with Crippen LogP contribution in [0.25, 0.3) is 0 Å². The van der Waals surface area contributed by atoms with Gasteiger partial charge >= 0.3 is 0 Å². The van der Waals surface area contributed by atoms with E-state index >= 15 is 0 Å². The zero-order valence-corrected chi connectivity index (χ0v) is 8.56. The van der Waals surface area contributed by atoms with Crippen LogP contribution in [0.15, 0.2) is 12.4 Å². The van der Waals surface area contributed by atoms with Crippen molar-refractivity contribution in [3.8, 4) is 5.75 Å². The number of aromatic hydroxyl groups is 1. The quantitative estimate of drug-likeness (QED) is 0.763. The second-order valence-electron chi connectivity index (χ2n) is 4.17. The van der Waals surface area contributed by atoms with E-state index in [1.54, 1.807) is 6.20 Å². The highest BCUT2D eigenvalue weighted by atomic mass is 16.3. The molecule has 1 aliphatic heterocycles. The van der Waals surface area contributed by atoms with E-state index in [9.17, 15) is 0 Å². The molecular weight excluding hydrogens is 178 g/mol. The van der Waals surface area contributed by atoms with Gasteiger partial charge in [-0.25, -0.2) is 0 Å². The third kappa shape index (κ3) is 2.26. The Morgan fingerprint density at radius 1 is 1.50 bits per heavy atom. The van der Waals surface area contributed by atoms with Crippen LogP contribution in [0.4, 0.5) is 0 Å². The molecule has 1 N–H and O–H groups in total. The summed E-state index contributed by atoms with van der Waals surface area (Å²) < 4.78 is 1.84. The Morgan fingerprint density at radius 3 is 2.79 bits per heavy atom.